The van der Waals surface area contributed by atoms with E-state index in [1.165, 1.54) is 11.8 Å². The predicted octanol–water partition coefficient (Wildman–Crippen LogP) is 4.09. The standard InChI is InChI=1S/C22H24ClN5O3S/c1-4-31-16-10-8-15(9-11-16)24-20(29)12-19-26-27-22(28(19)3)32-13-21(30)25-18-7-5-6-17(23)14(18)2/h5-11H,4,12-13H2,1-3H3,(H,24,29)(H,25,30). The second-order valence-electron chi connectivity index (χ2n) is 6.89. The molecule has 32 heavy (non-hydrogen) atoms. The fourth-order valence-corrected chi connectivity index (χ4v) is 3.74. The Hall–Kier alpha value is -3.04. The maximum Gasteiger partial charge on any atom is 0.234 e. The zero-order valence-electron chi connectivity index (χ0n) is 18.0. The van der Waals surface area contributed by atoms with E-state index in [2.05, 4.69) is 20.8 Å². The van der Waals surface area contributed by atoms with Crippen LogP contribution in [-0.4, -0.2) is 38.9 Å². The van der Waals surface area contributed by atoms with Crippen molar-refractivity contribution in [3.05, 3.63) is 58.9 Å². The Morgan fingerprint density at radius 3 is 2.56 bits per heavy atom. The summed E-state index contributed by atoms with van der Waals surface area (Å²) in [6.45, 7) is 4.34. The van der Waals surface area contributed by atoms with Gasteiger partial charge in [-0.25, -0.2) is 0 Å². The molecule has 10 heteroatoms. The van der Waals surface area contributed by atoms with Gasteiger partial charge in [-0.3, -0.25) is 9.59 Å². The molecule has 3 aromatic rings. The van der Waals surface area contributed by atoms with E-state index in [4.69, 9.17) is 16.3 Å². The van der Waals surface area contributed by atoms with Crippen LogP contribution in [0.5, 0.6) is 5.75 Å². The van der Waals surface area contributed by atoms with Crippen LogP contribution in [0.25, 0.3) is 0 Å². The maximum absolute atomic E-state index is 12.4. The number of nitrogens with zero attached hydrogens (tertiary/aromatic N) is 3. The third-order valence-electron chi connectivity index (χ3n) is 4.57. The average Bonchev–Trinajstić information content (AvgIpc) is 3.10. The lowest BCUT2D eigenvalue weighted by atomic mass is 10.2. The van der Waals surface area contributed by atoms with Gasteiger partial charge >= 0.3 is 0 Å². The number of carbonyl (C=O) groups excluding carboxylic acids is 2. The molecule has 168 valence electrons. The summed E-state index contributed by atoms with van der Waals surface area (Å²) in [6.07, 6.45) is 0.0607. The fraction of sp³-hybridized carbons (Fsp3) is 0.273. The monoisotopic (exact) mass is 473 g/mol. The van der Waals surface area contributed by atoms with Crippen molar-refractivity contribution in [2.45, 2.75) is 25.4 Å². The van der Waals surface area contributed by atoms with Crippen molar-refractivity contribution in [1.29, 1.82) is 0 Å². The van der Waals surface area contributed by atoms with E-state index in [1.807, 2.05) is 13.8 Å². The third-order valence-corrected chi connectivity index (χ3v) is 6.00. The number of anilines is 2. The lowest BCUT2D eigenvalue weighted by Gasteiger charge is -2.09. The summed E-state index contributed by atoms with van der Waals surface area (Å²) >= 11 is 7.33. The van der Waals surface area contributed by atoms with Crippen LogP contribution >= 0.6 is 23.4 Å². The number of hydrogen-bond acceptors (Lipinski definition) is 6. The van der Waals surface area contributed by atoms with E-state index in [0.717, 1.165) is 11.3 Å². The first-order valence-electron chi connectivity index (χ1n) is 9.96. The molecular weight excluding hydrogens is 450 g/mol. The molecule has 0 saturated heterocycles. The normalized spacial score (nSPS) is 10.6. The highest BCUT2D eigenvalue weighted by molar-refractivity contribution is 7.99. The van der Waals surface area contributed by atoms with E-state index in [1.54, 1.807) is 54.1 Å². The molecule has 0 radical (unpaired) electrons. The summed E-state index contributed by atoms with van der Waals surface area (Å²) in [5.41, 5.74) is 2.16. The van der Waals surface area contributed by atoms with Crippen LogP contribution in [0.4, 0.5) is 11.4 Å². The van der Waals surface area contributed by atoms with E-state index >= 15 is 0 Å². The lowest BCUT2D eigenvalue weighted by Crippen LogP contribution is -2.17. The van der Waals surface area contributed by atoms with E-state index in [9.17, 15) is 9.59 Å². The Morgan fingerprint density at radius 1 is 1.09 bits per heavy atom. The van der Waals surface area contributed by atoms with Gasteiger partial charge in [0.2, 0.25) is 11.8 Å². The minimum atomic E-state index is -0.213. The van der Waals surface area contributed by atoms with Crippen LogP contribution in [0.2, 0.25) is 5.02 Å². The smallest absolute Gasteiger partial charge is 0.234 e. The number of rotatable bonds is 9. The first-order chi connectivity index (χ1) is 15.4. The van der Waals surface area contributed by atoms with Crippen molar-refractivity contribution in [1.82, 2.24) is 14.8 Å². The highest BCUT2D eigenvalue weighted by Gasteiger charge is 2.15. The minimum absolute atomic E-state index is 0.0607. The summed E-state index contributed by atoms with van der Waals surface area (Å²) in [7, 11) is 1.76. The zero-order chi connectivity index (χ0) is 23.1. The molecule has 0 fully saturated rings. The number of ether oxygens (including phenoxy) is 1. The summed E-state index contributed by atoms with van der Waals surface area (Å²) in [6, 6.07) is 12.5. The maximum atomic E-state index is 12.4. The van der Waals surface area contributed by atoms with Gasteiger partial charge in [-0.2, -0.15) is 0 Å². The van der Waals surface area contributed by atoms with Gasteiger partial charge in [0.25, 0.3) is 0 Å². The van der Waals surface area contributed by atoms with Gasteiger partial charge in [-0.1, -0.05) is 29.4 Å². The van der Waals surface area contributed by atoms with Gasteiger partial charge in [0.15, 0.2) is 5.16 Å². The average molecular weight is 474 g/mol. The topological polar surface area (TPSA) is 98.1 Å². The second kappa shape index (κ2) is 11.0. The number of amides is 2. The highest BCUT2D eigenvalue weighted by Crippen LogP contribution is 2.24. The summed E-state index contributed by atoms with van der Waals surface area (Å²) in [5.74, 6) is 1.00. The molecule has 2 amide bonds. The Labute approximate surface area is 195 Å². The molecule has 0 unspecified atom stereocenters. The largest absolute Gasteiger partial charge is 0.494 e. The Morgan fingerprint density at radius 2 is 1.84 bits per heavy atom. The van der Waals surface area contributed by atoms with Crippen molar-refractivity contribution < 1.29 is 14.3 Å². The first-order valence-corrected chi connectivity index (χ1v) is 11.3. The fourth-order valence-electron chi connectivity index (χ4n) is 2.83. The summed E-state index contributed by atoms with van der Waals surface area (Å²) < 4.78 is 7.10. The zero-order valence-corrected chi connectivity index (χ0v) is 19.6. The van der Waals surface area contributed by atoms with Gasteiger partial charge in [0, 0.05) is 23.4 Å². The van der Waals surface area contributed by atoms with Crippen molar-refractivity contribution in [2.75, 3.05) is 23.0 Å². The lowest BCUT2D eigenvalue weighted by molar-refractivity contribution is -0.116. The number of thioether (sulfide) groups is 1. The number of hydrogen-bond donors (Lipinski definition) is 2. The molecule has 0 atom stereocenters. The second-order valence-corrected chi connectivity index (χ2v) is 8.24. The molecule has 0 aliphatic heterocycles. The first kappa shape index (κ1) is 23.6. The Bertz CT molecular complexity index is 1100. The number of benzene rings is 2. The SMILES string of the molecule is CCOc1ccc(NC(=O)Cc2nnc(SCC(=O)Nc3cccc(Cl)c3C)n2C)cc1. The molecule has 3 rings (SSSR count). The molecule has 2 N–H and O–H groups in total. The molecule has 8 nitrogen and oxygen atoms in total. The van der Waals surface area contributed by atoms with Crippen LogP contribution < -0.4 is 15.4 Å². The number of aromatic nitrogens is 3. The molecule has 0 aliphatic carbocycles. The van der Waals surface area contributed by atoms with Gasteiger partial charge in [-0.15, -0.1) is 10.2 Å². The van der Waals surface area contributed by atoms with Crippen LogP contribution in [0.3, 0.4) is 0 Å². The summed E-state index contributed by atoms with van der Waals surface area (Å²) in [4.78, 5) is 24.7. The third kappa shape index (κ3) is 6.24. The van der Waals surface area contributed by atoms with E-state index < -0.39 is 0 Å². The molecule has 2 aromatic carbocycles. The van der Waals surface area contributed by atoms with Crippen LogP contribution in [0.15, 0.2) is 47.6 Å². The number of halogens is 1. The van der Waals surface area contributed by atoms with Gasteiger partial charge < -0.3 is 19.9 Å². The molecular formula is C22H24ClN5O3S. The van der Waals surface area contributed by atoms with Crippen LogP contribution in [0, 0.1) is 6.92 Å². The minimum Gasteiger partial charge on any atom is -0.494 e. The predicted molar refractivity (Wildman–Crippen MR) is 126 cm³/mol. The number of carbonyl (C=O) groups is 2. The van der Waals surface area contributed by atoms with Crippen LogP contribution in [0.1, 0.15) is 18.3 Å². The van der Waals surface area contributed by atoms with Crippen molar-refractivity contribution >= 4 is 46.6 Å². The van der Waals surface area contributed by atoms with Crippen molar-refractivity contribution in [3.8, 4) is 5.75 Å². The van der Waals surface area contributed by atoms with Crippen molar-refractivity contribution in [3.63, 3.8) is 0 Å². The van der Waals surface area contributed by atoms with E-state index in [-0.39, 0.29) is 24.0 Å². The molecule has 1 aromatic heterocycles. The summed E-state index contributed by atoms with van der Waals surface area (Å²) in [5, 5.41) is 15.0. The van der Waals surface area contributed by atoms with Gasteiger partial charge in [0.05, 0.1) is 18.8 Å². The van der Waals surface area contributed by atoms with Gasteiger partial charge in [-0.05, 0) is 55.8 Å². The molecule has 1 heterocycles. The quantitative estimate of drug-likeness (QED) is 0.454. The van der Waals surface area contributed by atoms with E-state index in [0.29, 0.717) is 34.0 Å². The molecule has 0 aliphatic rings. The molecule has 0 spiro atoms. The Balaban J connectivity index is 1.52. The Kier molecular flexibility index (Phi) is 8.13. The molecule has 0 saturated carbocycles. The molecule has 0 bridgehead atoms. The highest BCUT2D eigenvalue weighted by atomic mass is 35.5. The van der Waals surface area contributed by atoms with Crippen LogP contribution in [-0.2, 0) is 23.1 Å². The van der Waals surface area contributed by atoms with Crippen molar-refractivity contribution in [2.24, 2.45) is 7.05 Å². The van der Waals surface area contributed by atoms with Gasteiger partial charge in [0.1, 0.15) is 11.6 Å². The number of nitrogens with one attached hydrogen (secondary N) is 2.